The Morgan fingerprint density at radius 3 is 2.32 bits per heavy atom. The van der Waals surface area contributed by atoms with Gasteiger partial charge < -0.3 is 0 Å². The van der Waals surface area contributed by atoms with E-state index in [4.69, 9.17) is 5.26 Å². The van der Waals surface area contributed by atoms with E-state index in [-0.39, 0.29) is 10.5 Å². The molecule has 132 valence electrons. The molecular weight excluding hydrogens is 355 g/mol. The van der Waals surface area contributed by atoms with Gasteiger partial charge in [0.15, 0.2) is 0 Å². The van der Waals surface area contributed by atoms with E-state index in [1.807, 2.05) is 6.07 Å². The number of aromatic nitrogens is 1. The predicted molar refractivity (Wildman–Crippen MR) is 83.8 cm³/mol. The van der Waals surface area contributed by atoms with E-state index in [9.17, 15) is 21.6 Å². The molecule has 0 bridgehead atoms. The first-order chi connectivity index (χ1) is 11.6. The molecule has 0 aliphatic rings. The lowest BCUT2D eigenvalue weighted by Gasteiger charge is -2.25. The Morgan fingerprint density at radius 1 is 1.20 bits per heavy atom. The van der Waals surface area contributed by atoms with Crippen LogP contribution in [0.2, 0.25) is 0 Å². The van der Waals surface area contributed by atoms with Crippen molar-refractivity contribution in [1.29, 1.82) is 5.26 Å². The quantitative estimate of drug-likeness (QED) is 0.828. The van der Waals surface area contributed by atoms with Crippen molar-refractivity contribution in [2.75, 3.05) is 7.05 Å². The van der Waals surface area contributed by atoms with Crippen LogP contribution in [0.5, 0.6) is 0 Å². The van der Waals surface area contributed by atoms with Gasteiger partial charge in [0.25, 0.3) is 0 Å². The summed E-state index contributed by atoms with van der Waals surface area (Å²) in [4.78, 5) is 3.56. The van der Waals surface area contributed by atoms with Crippen LogP contribution in [0.25, 0.3) is 0 Å². The number of nitriles is 1. The van der Waals surface area contributed by atoms with Crippen molar-refractivity contribution in [1.82, 2.24) is 9.29 Å². The maximum Gasteiger partial charge on any atom is 0.416 e. The first kappa shape index (κ1) is 18.9. The standard InChI is InChI=1S/C16H14F3N3O2S/c1-11(13-3-5-14(6-4-13)16(17,18)19)22(2)25(23,24)15-7-12(8-20)9-21-10-15/h3-7,9-11H,1-2H3. The maximum atomic E-state index is 12.6. The highest BCUT2D eigenvalue weighted by molar-refractivity contribution is 7.89. The van der Waals surface area contributed by atoms with Gasteiger partial charge in [-0.05, 0) is 30.7 Å². The Kier molecular flexibility index (Phi) is 5.15. The SMILES string of the molecule is CC(c1ccc(C(F)(F)F)cc1)N(C)S(=O)(=O)c1cncc(C#N)c1. The number of hydrogen-bond acceptors (Lipinski definition) is 4. The summed E-state index contributed by atoms with van der Waals surface area (Å²) in [7, 11) is -2.64. The van der Waals surface area contributed by atoms with Gasteiger partial charge in [0.2, 0.25) is 10.0 Å². The first-order valence-corrected chi connectivity index (χ1v) is 8.51. The summed E-state index contributed by atoms with van der Waals surface area (Å²) >= 11 is 0. The minimum Gasteiger partial charge on any atom is -0.262 e. The van der Waals surface area contributed by atoms with Crippen molar-refractivity contribution in [3.8, 4) is 6.07 Å². The summed E-state index contributed by atoms with van der Waals surface area (Å²) in [6, 6.07) is 6.58. The number of pyridine rings is 1. The summed E-state index contributed by atoms with van der Waals surface area (Å²) in [6.07, 6.45) is -2.10. The van der Waals surface area contributed by atoms with Crippen molar-refractivity contribution >= 4 is 10.0 Å². The van der Waals surface area contributed by atoms with Crippen molar-refractivity contribution < 1.29 is 21.6 Å². The zero-order valence-corrected chi connectivity index (χ0v) is 14.1. The van der Waals surface area contributed by atoms with Gasteiger partial charge in [-0.1, -0.05) is 12.1 Å². The van der Waals surface area contributed by atoms with Crippen LogP contribution < -0.4 is 0 Å². The van der Waals surface area contributed by atoms with E-state index in [0.717, 1.165) is 22.6 Å². The Morgan fingerprint density at radius 2 is 1.80 bits per heavy atom. The zero-order valence-electron chi connectivity index (χ0n) is 13.3. The van der Waals surface area contributed by atoms with Crippen LogP contribution in [0.1, 0.15) is 29.7 Å². The Balaban J connectivity index is 2.32. The van der Waals surface area contributed by atoms with Crippen LogP contribution in [0.15, 0.2) is 47.6 Å². The van der Waals surface area contributed by atoms with Gasteiger partial charge in [-0.2, -0.15) is 22.7 Å². The molecule has 0 aliphatic heterocycles. The van der Waals surface area contributed by atoms with Crippen molar-refractivity contribution in [3.05, 3.63) is 59.4 Å². The third-order valence-electron chi connectivity index (χ3n) is 3.79. The fourth-order valence-electron chi connectivity index (χ4n) is 2.16. The molecule has 25 heavy (non-hydrogen) atoms. The molecule has 1 aromatic heterocycles. The van der Waals surface area contributed by atoms with Crippen LogP contribution in [-0.2, 0) is 16.2 Å². The van der Waals surface area contributed by atoms with E-state index < -0.39 is 27.8 Å². The lowest BCUT2D eigenvalue weighted by Crippen LogP contribution is -2.30. The molecular formula is C16H14F3N3O2S. The molecule has 2 aromatic rings. The fourth-order valence-corrected chi connectivity index (χ4v) is 3.50. The minimum absolute atomic E-state index is 0.0941. The van der Waals surface area contributed by atoms with E-state index in [2.05, 4.69) is 4.98 Å². The lowest BCUT2D eigenvalue weighted by molar-refractivity contribution is -0.137. The lowest BCUT2D eigenvalue weighted by atomic mass is 10.1. The molecule has 0 N–H and O–H groups in total. The second-order valence-corrected chi connectivity index (χ2v) is 7.34. The van der Waals surface area contributed by atoms with Crippen LogP contribution in [0.3, 0.4) is 0 Å². The fraction of sp³-hybridized carbons (Fsp3) is 0.250. The number of nitrogens with zero attached hydrogens (tertiary/aromatic N) is 3. The molecule has 1 unspecified atom stereocenters. The molecule has 0 saturated carbocycles. The monoisotopic (exact) mass is 369 g/mol. The summed E-state index contributed by atoms with van der Waals surface area (Å²) in [5.74, 6) is 0. The molecule has 9 heteroatoms. The largest absolute Gasteiger partial charge is 0.416 e. The molecule has 1 aromatic carbocycles. The average molecular weight is 369 g/mol. The third-order valence-corrected chi connectivity index (χ3v) is 5.68. The second kappa shape index (κ2) is 6.82. The van der Waals surface area contributed by atoms with Crippen molar-refractivity contribution in [2.45, 2.75) is 24.0 Å². The van der Waals surface area contributed by atoms with Gasteiger partial charge in [-0.3, -0.25) is 4.98 Å². The summed E-state index contributed by atoms with van der Waals surface area (Å²) < 4.78 is 64.2. The Hall–Kier alpha value is -2.44. The Bertz CT molecular complexity index is 903. The van der Waals surface area contributed by atoms with Gasteiger partial charge >= 0.3 is 6.18 Å². The molecule has 0 saturated heterocycles. The zero-order chi connectivity index (χ0) is 18.8. The summed E-state index contributed by atoms with van der Waals surface area (Å²) in [5, 5.41) is 8.85. The molecule has 5 nitrogen and oxygen atoms in total. The van der Waals surface area contributed by atoms with Gasteiger partial charge in [0.1, 0.15) is 11.0 Å². The molecule has 0 amide bonds. The van der Waals surface area contributed by atoms with Gasteiger partial charge in [-0.15, -0.1) is 0 Å². The maximum absolute atomic E-state index is 12.6. The number of rotatable bonds is 4. The number of halogens is 3. The van der Waals surface area contributed by atoms with E-state index >= 15 is 0 Å². The highest BCUT2D eigenvalue weighted by Gasteiger charge is 2.31. The highest BCUT2D eigenvalue weighted by atomic mass is 32.2. The number of benzene rings is 1. The summed E-state index contributed by atoms with van der Waals surface area (Å²) in [6.45, 7) is 1.56. The predicted octanol–water partition coefficient (Wildman–Crippen LogP) is 3.35. The normalized spacial score (nSPS) is 13.5. The van der Waals surface area contributed by atoms with Crippen LogP contribution in [-0.4, -0.2) is 24.8 Å². The molecule has 1 atom stereocenters. The second-order valence-electron chi connectivity index (χ2n) is 5.34. The molecule has 0 radical (unpaired) electrons. The van der Waals surface area contributed by atoms with E-state index in [0.29, 0.717) is 5.56 Å². The first-order valence-electron chi connectivity index (χ1n) is 7.07. The number of alkyl halides is 3. The molecule has 2 rings (SSSR count). The van der Waals surface area contributed by atoms with Crippen LogP contribution in [0, 0.1) is 11.3 Å². The van der Waals surface area contributed by atoms with E-state index in [1.165, 1.54) is 31.4 Å². The highest BCUT2D eigenvalue weighted by Crippen LogP contribution is 2.31. The number of hydrogen-bond donors (Lipinski definition) is 0. The topological polar surface area (TPSA) is 74.1 Å². The average Bonchev–Trinajstić information content (AvgIpc) is 2.59. The molecule has 0 fully saturated rings. The molecule has 0 aliphatic carbocycles. The van der Waals surface area contributed by atoms with Crippen LogP contribution >= 0.6 is 0 Å². The number of sulfonamides is 1. The Labute approximate surface area is 143 Å². The summed E-state index contributed by atoms with van der Waals surface area (Å²) in [5.41, 5.74) is -0.306. The van der Waals surface area contributed by atoms with Crippen molar-refractivity contribution in [2.24, 2.45) is 0 Å². The van der Waals surface area contributed by atoms with Crippen molar-refractivity contribution in [3.63, 3.8) is 0 Å². The minimum atomic E-state index is -4.46. The molecule has 1 heterocycles. The third kappa shape index (κ3) is 3.97. The van der Waals surface area contributed by atoms with Crippen LogP contribution in [0.4, 0.5) is 13.2 Å². The van der Waals surface area contributed by atoms with E-state index in [1.54, 1.807) is 6.92 Å². The van der Waals surface area contributed by atoms with Gasteiger partial charge in [0, 0.05) is 25.5 Å². The molecule has 0 spiro atoms. The smallest absolute Gasteiger partial charge is 0.262 e. The van der Waals surface area contributed by atoms with Gasteiger partial charge in [0.05, 0.1) is 11.1 Å². The van der Waals surface area contributed by atoms with Gasteiger partial charge in [-0.25, -0.2) is 8.42 Å².